The molecule has 1 aromatic rings. The molecule has 4 heteroatoms. The maximum atomic E-state index is 12.0. The zero-order chi connectivity index (χ0) is 12.8. The highest BCUT2D eigenvalue weighted by molar-refractivity contribution is 8.00. The molecule has 0 aliphatic heterocycles. The third-order valence-electron chi connectivity index (χ3n) is 2.26. The molecule has 0 unspecified atom stereocenters. The molecule has 0 saturated carbocycles. The van der Waals surface area contributed by atoms with Crippen molar-refractivity contribution in [1.82, 2.24) is 0 Å². The summed E-state index contributed by atoms with van der Waals surface area (Å²) in [5.74, 6) is 1.82. The molecular weight excluding hydrogens is 236 g/mol. The Labute approximate surface area is 106 Å². The van der Waals surface area contributed by atoms with Gasteiger partial charge >= 0.3 is 0 Å². The lowest BCUT2D eigenvalue weighted by atomic mass is 10.1. The van der Waals surface area contributed by atoms with Crippen molar-refractivity contribution in [3.05, 3.63) is 23.8 Å². The van der Waals surface area contributed by atoms with E-state index in [9.17, 15) is 4.79 Å². The van der Waals surface area contributed by atoms with E-state index in [1.54, 1.807) is 44.2 Å². The van der Waals surface area contributed by atoms with Crippen molar-refractivity contribution >= 4 is 17.5 Å². The van der Waals surface area contributed by atoms with Crippen LogP contribution in [0.4, 0.5) is 0 Å². The smallest absolute Gasteiger partial charge is 0.176 e. The van der Waals surface area contributed by atoms with Crippen molar-refractivity contribution in [2.45, 2.75) is 19.1 Å². The number of benzene rings is 1. The van der Waals surface area contributed by atoms with Crippen LogP contribution in [0.25, 0.3) is 0 Å². The molecule has 0 atom stereocenters. The zero-order valence-corrected chi connectivity index (χ0v) is 11.5. The number of ketones is 1. The van der Waals surface area contributed by atoms with Gasteiger partial charge in [-0.3, -0.25) is 4.79 Å². The molecule has 0 aliphatic carbocycles. The maximum absolute atomic E-state index is 12.0. The predicted molar refractivity (Wildman–Crippen MR) is 71.5 cm³/mol. The molecule has 0 N–H and O–H groups in total. The fourth-order valence-electron chi connectivity index (χ4n) is 1.35. The van der Waals surface area contributed by atoms with Crippen LogP contribution >= 0.6 is 11.8 Å². The normalized spacial score (nSPS) is 10.4. The highest BCUT2D eigenvalue weighted by Gasteiger charge is 2.13. The van der Waals surface area contributed by atoms with Gasteiger partial charge in [-0.05, 0) is 17.4 Å². The Kier molecular flexibility index (Phi) is 5.35. The first-order valence-electron chi connectivity index (χ1n) is 5.45. The number of hydrogen-bond acceptors (Lipinski definition) is 4. The van der Waals surface area contributed by atoms with Gasteiger partial charge in [-0.2, -0.15) is 11.8 Å². The summed E-state index contributed by atoms with van der Waals surface area (Å²) in [5.41, 5.74) is 0.612. The molecule has 0 amide bonds. The number of methoxy groups -OCH3 is 2. The molecule has 0 aliphatic rings. The van der Waals surface area contributed by atoms with Gasteiger partial charge < -0.3 is 9.47 Å². The molecule has 3 nitrogen and oxygen atoms in total. The Balaban J connectivity index is 2.85. The van der Waals surface area contributed by atoms with E-state index in [1.807, 2.05) is 0 Å². The molecule has 0 radical (unpaired) electrons. The number of rotatable bonds is 6. The molecule has 17 heavy (non-hydrogen) atoms. The van der Waals surface area contributed by atoms with Gasteiger partial charge in [0.2, 0.25) is 0 Å². The van der Waals surface area contributed by atoms with Gasteiger partial charge in [-0.15, -0.1) is 0 Å². The minimum absolute atomic E-state index is 0.0863. The number of thioether (sulfide) groups is 1. The van der Waals surface area contributed by atoms with Gasteiger partial charge in [-0.1, -0.05) is 13.8 Å². The molecule has 0 heterocycles. The highest BCUT2D eigenvalue weighted by atomic mass is 32.2. The highest BCUT2D eigenvalue weighted by Crippen LogP contribution is 2.26. The molecule has 1 rings (SSSR count). The average molecular weight is 254 g/mol. The number of ether oxygens (including phenoxy) is 2. The summed E-state index contributed by atoms with van der Waals surface area (Å²) in [5, 5.41) is 0.447. The largest absolute Gasteiger partial charge is 0.497 e. The van der Waals surface area contributed by atoms with Gasteiger partial charge in [0.15, 0.2) is 5.78 Å². The van der Waals surface area contributed by atoms with Gasteiger partial charge in [0, 0.05) is 6.07 Å². The number of carbonyl (C=O) groups is 1. The van der Waals surface area contributed by atoms with E-state index in [0.717, 1.165) is 0 Å². The predicted octanol–water partition coefficient (Wildman–Crippen LogP) is 3.03. The van der Waals surface area contributed by atoms with E-state index in [2.05, 4.69) is 13.8 Å². The maximum Gasteiger partial charge on any atom is 0.176 e. The van der Waals surface area contributed by atoms with Crippen LogP contribution in [-0.4, -0.2) is 31.0 Å². The minimum atomic E-state index is 0.0863. The van der Waals surface area contributed by atoms with Crippen LogP contribution in [-0.2, 0) is 0 Å². The second-order valence-corrected chi connectivity index (χ2v) is 5.41. The summed E-state index contributed by atoms with van der Waals surface area (Å²) in [6.07, 6.45) is 0. The Morgan fingerprint density at radius 2 is 2.00 bits per heavy atom. The fraction of sp³-hybridized carbons (Fsp3) is 0.462. The first-order chi connectivity index (χ1) is 8.08. The lowest BCUT2D eigenvalue weighted by Crippen LogP contribution is -2.07. The van der Waals surface area contributed by atoms with Gasteiger partial charge in [0.1, 0.15) is 11.5 Å². The topological polar surface area (TPSA) is 35.5 Å². The lowest BCUT2D eigenvalue weighted by Gasteiger charge is -2.10. The number of carbonyl (C=O) groups excluding carboxylic acids is 1. The Morgan fingerprint density at radius 3 is 2.53 bits per heavy atom. The molecular formula is C13H18O3S. The number of Topliss-reactive ketones (excluding diaryl/α,β-unsaturated/α-hetero) is 1. The van der Waals surface area contributed by atoms with Crippen molar-refractivity contribution in [2.75, 3.05) is 20.0 Å². The summed E-state index contributed by atoms with van der Waals surface area (Å²) in [4.78, 5) is 12.0. The van der Waals surface area contributed by atoms with Crippen molar-refractivity contribution in [1.29, 1.82) is 0 Å². The van der Waals surface area contributed by atoms with E-state index in [4.69, 9.17) is 9.47 Å². The van der Waals surface area contributed by atoms with Crippen LogP contribution in [0.3, 0.4) is 0 Å². The van der Waals surface area contributed by atoms with E-state index in [1.165, 1.54) is 0 Å². The Morgan fingerprint density at radius 1 is 1.29 bits per heavy atom. The van der Waals surface area contributed by atoms with Crippen molar-refractivity contribution in [3.63, 3.8) is 0 Å². The summed E-state index contributed by atoms with van der Waals surface area (Å²) >= 11 is 1.63. The summed E-state index contributed by atoms with van der Waals surface area (Å²) in [6.45, 7) is 4.15. The quantitative estimate of drug-likeness (QED) is 0.731. The van der Waals surface area contributed by atoms with Crippen molar-refractivity contribution in [2.24, 2.45) is 0 Å². The molecule has 94 valence electrons. The van der Waals surface area contributed by atoms with E-state index in [-0.39, 0.29) is 5.78 Å². The van der Waals surface area contributed by atoms with Crippen LogP contribution in [0, 0.1) is 0 Å². The summed E-state index contributed by atoms with van der Waals surface area (Å²) < 4.78 is 10.3. The Hall–Kier alpha value is -1.16. The second kappa shape index (κ2) is 6.55. The Bertz CT molecular complexity index is 388. The molecule has 1 aromatic carbocycles. The van der Waals surface area contributed by atoms with E-state index in [0.29, 0.717) is 28.1 Å². The first-order valence-corrected chi connectivity index (χ1v) is 6.50. The van der Waals surface area contributed by atoms with Crippen LogP contribution in [0.15, 0.2) is 18.2 Å². The molecule has 0 bridgehead atoms. The fourth-order valence-corrected chi connectivity index (χ4v) is 1.99. The molecule has 0 saturated heterocycles. The SMILES string of the molecule is COc1ccc(C(=O)CSC(C)C)c(OC)c1. The first kappa shape index (κ1) is 13.9. The molecule has 0 aromatic heterocycles. The second-order valence-electron chi connectivity index (χ2n) is 3.85. The lowest BCUT2D eigenvalue weighted by molar-refractivity contribution is 0.101. The van der Waals surface area contributed by atoms with Gasteiger partial charge in [0.25, 0.3) is 0 Å². The molecule has 0 spiro atoms. The zero-order valence-electron chi connectivity index (χ0n) is 10.6. The van der Waals surface area contributed by atoms with E-state index >= 15 is 0 Å². The van der Waals surface area contributed by atoms with Crippen LogP contribution in [0.1, 0.15) is 24.2 Å². The standard InChI is InChI=1S/C13H18O3S/c1-9(2)17-8-12(14)11-6-5-10(15-3)7-13(11)16-4/h5-7,9H,8H2,1-4H3. The number of hydrogen-bond donors (Lipinski definition) is 0. The molecule has 0 fully saturated rings. The van der Waals surface area contributed by atoms with Crippen molar-refractivity contribution in [3.8, 4) is 11.5 Å². The minimum Gasteiger partial charge on any atom is -0.497 e. The third kappa shape index (κ3) is 3.97. The summed E-state index contributed by atoms with van der Waals surface area (Å²) in [6, 6.07) is 5.25. The van der Waals surface area contributed by atoms with Crippen molar-refractivity contribution < 1.29 is 14.3 Å². The monoisotopic (exact) mass is 254 g/mol. The van der Waals surface area contributed by atoms with Crippen LogP contribution in [0.2, 0.25) is 0 Å². The van der Waals surface area contributed by atoms with Crippen LogP contribution < -0.4 is 9.47 Å². The van der Waals surface area contributed by atoms with Crippen LogP contribution in [0.5, 0.6) is 11.5 Å². The van der Waals surface area contributed by atoms with Gasteiger partial charge in [-0.25, -0.2) is 0 Å². The third-order valence-corrected chi connectivity index (χ3v) is 3.35. The summed E-state index contributed by atoms with van der Waals surface area (Å²) in [7, 11) is 3.14. The van der Waals surface area contributed by atoms with E-state index < -0.39 is 0 Å². The van der Waals surface area contributed by atoms with Gasteiger partial charge in [0.05, 0.1) is 25.5 Å². The average Bonchev–Trinajstić information content (AvgIpc) is 2.34.